The molecular weight excluding hydrogens is 248 g/mol. The lowest BCUT2D eigenvalue weighted by Gasteiger charge is -2.54. The maximum absolute atomic E-state index is 5.83. The van der Waals surface area contributed by atoms with Gasteiger partial charge in [0.1, 0.15) is 0 Å². The van der Waals surface area contributed by atoms with Crippen LogP contribution < -0.4 is 5.32 Å². The number of piperazine rings is 1. The van der Waals surface area contributed by atoms with Crippen LogP contribution in [0.1, 0.15) is 54.4 Å². The third-order valence-corrected chi connectivity index (χ3v) is 5.28. The van der Waals surface area contributed by atoms with Gasteiger partial charge in [0.25, 0.3) is 0 Å². The van der Waals surface area contributed by atoms with Crippen molar-refractivity contribution in [1.29, 1.82) is 0 Å². The van der Waals surface area contributed by atoms with E-state index in [4.69, 9.17) is 4.74 Å². The summed E-state index contributed by atoms with van der Waals surface area (Å²) in [6.45, 7) is 18.2. The van der Waals surface area contributed by atoms with Gasteiger partial charge in [-0.15, -0.1) is 0 Å². The lowest BCUT2D eigenvalue weighted by Crippen LogP contribution is -2.68. The maximum atomic E-state index is 5.83. The molecule has 3 unspecified atom stereocenters. The molecule has 20 heavy (non-hydrogen) atoms. The van der Waals surface area contributed by atoms with E-state index in [0.29, 0.717) is 23.4 Å². The van der Waals surface area contributed by atoms with Crippen molar-refractivity contribution < 1.29 is 4.74 Å². The first kappa shape index (κ1) is 16.3. The van der Waals surface area contributed by atoms with Crippen LogP contribution >= 0.6 is 0 Å². The Morgan fingerprint density at radius 1 is 1.30 bits per heavy atom. The summed E-state index contributed by atoms with van der Waals surface area (Å²) in [7, 11) is 0. The molecule has 0 bridgehead atoms. The first-order valence-electron chi connectivity index (χ1n) is 8.32. The van der Waals surface area contributed by atoms with E-state index >= 15 is 0 Å². The Bertz CT molecular complexity index is 315. The second kappa shape index (κ2) is 5.94. The van der Waals surface area contributed by atoms with E-state index in [0.717, 1.165) is 26.3 Å². The summed E-state index contributed by atoms with van der Waals surface area (Å²) in [5.74, 6) is 0.683. The highest BCUT2D eigenvalue weighted by Gasteiger charge is 2.44. The van der Waals surface area contributed by atoms with Gasteiger partial charge in [0.05, 0.1) is 6.61 Å². The van der Waals surface area contributed by atoms with Gasteiger partial charge in [0, 0.05) is 37.3 Å². The zero-order chi connectivity index (χ0) is 15.0. The fourth-order valence-electron chi connectivity index (χ4n) is 3.71. The van der Waals surface area contributed by atoms with Gasteiger partial charge in [-0.25, -0.2) is 0 Å². The van der Waals surface area contributed by atoms with Crippen molar-refractivity contribution in [1.82, 2.24) is 10.2 Å². The van der Waals surface area contributed by atoms with Gasteiger partial charge in [0.15, 0.2) is 0 Å². The molecule has 3 heteroatoms. The third-order valence-electron chi connectivity index (χ3n) is 5.28. The second-order valence-corrected chi connectivity index (χ2v) is 8.44. The Hall–Kier alpha value is -0.120. The largest absolute Gasteiger partial charge is 0.380 e. The van der Waals surface area contributed by atoms with E-state index in [1.165, 1.54) is 12.8 Å². The van der Waals surface area contributed by atoms with Crippen LogP contribution in [-0.2, 0) is 4.74 Å². The van der Waals surface area contributed by atoms with Gasteiger partial charge in [-0.2, -0.15) is 0 Å². The Labute approximate surface area is 125 Å². The Kier molecular flexibility index (Phi) is 4.83. The van der Waals surface area contributed by atoms with Crippen molar-refractivity contribution in [3.05, 3.63) is 0 Å². The van der Waals surface area contributed by atoms with Gasteiger partial charge in [-0.3, -0.25) is 4.90 Å². The molecule has 0 radical (unpaired) electrons. The van der Waals surface area contributed by atoms with Gasteiger partial charge in [-0.1, -0.05) is 34.6 Å². The lowest BCUT2D eigenvalue weighted by molar-refractivity contribution is -0.0871. The molecule has 2 heterocycles. The molecule has 0 saturated carbocycles. The molecule has 2 rings (SSSR count). The van der Waals surface area contributed by atoms with Gasteiger partial charge >= 0.3 is 0 Å². The van der Waals surface area contributed by atoms with Crippen molar-refractivity contribution in [3.63, 3.8) is 0 Å². The molecule has 0 aliphatic carbocycles. The molecule has 2 saturated heterocycles. The number of nitrogens with one attached hydrogen (secondary N) is 1. The van der Waals surface area contributed by atoms with Crippen molar-refractivity contribution in [2.45, 2.75) is 72.0 Å². The third kappa shape index (κ3) is 3.37. The summed E-state index contributed by atoms with van der Waals surface area (Å²) in [6, 6.07) is 1.19. The predicted octanol–water partition coefficient (Wildman–Crippen LogP) is 2.90. The van der Waals surface area contributed by atoms with Crippen molar-refractivity contribution in [2.24, 2.45) is 11.3 Å². The lowest BCUT2D eigenvalue weighted by atomic mass is 9.80. The van der Waals surface area contributed by atoms with E-state index in [-0.39, 0.29) is 5.54 Å². The zero-order valence-corrected chi connectivity index (χ0v) is 14.3. The molecular formula is C17H34N2O. The molecule has 118 valence electrons. The highest BCUT2D eigenvalue weighted by molar-refractivity contribution is 5.00. The van der Waals surface area contributed by atoms with Crippen LogP contribution in [0.25, 0.3) is 0 Å². The SMILES string of the molecule is CC(C)C1CNC(C(C)(C)C)CN1C1(C)CCCOC1. The molecule has 3 atom stereocenters. The minimum Gasteiger partial charge on any atom is -0.380 e. The van der Waals surface area contributed by atoms with Crippen molar-refractivity contribution >= 4 is 0 Å². The van der Waals surface area contributed by atoms with Crippen LogP contribution in [0.15, 0.2) is 0 Å². The van der Waals surface area contributed by atoms with Gasteiger partial charge < -0.3 is 10.1 Å². The van der Waals surface area contributed by atoms with E-state index in [2.05, 4.69) is 51.8 Å². The van der Waals surface area contributed by atoms with E-state index in [9.17, 15) is 0 Å². The van der Waals surface area contributed by atoms with Crippen LogP contribution in [-0.4, -0.2) is 48.8 Å². The molecule has 0 aromatic heterocycles. The molecule has 2 aliphatic heterocycles. The number of ether oxygens (including phenoxy) is 1. The van der Waals surface area contributed by atoms with Crippen LogP contribution in [0.3, 0.4) is 0 Å². The fraction of sp³-hybridized carbons (Fsp3) is 1.00. The molecule has 1 N–H and O–H groups in total. The highest BCUT2D eigenvalue weighted by Crippen LogP contribution is 2.34. The summed E-state index contributed by atoms with van der Waals surface area (Å²) in [6.07, 6.45) is 2.47. The first-order valence-corrected chi connectivity index (χ1v) is 8.32. The summed E-state index contributed by atoms with van der Waals surface area (Å²) >= 11 is 0. The molecule has 0 spiro atoms. The quantitative estimate of drug-likeness (QED) is 0.843. The van der Waals surface area contributed by atoms with Gasteiger partial charge in [-0.05, 0) is 31.1 Å². The number of rotatable bonds is 2. The Morgan fingerprint density at radius 3 is 2.50 bits per heavy atom. The molecule has 3 nitrogen and oxygen atoms in total. The monoisotopic (exact) mass is 282 g/mol. The van der Waals surface area contributed by atoms with Gasteiger partial charge in [0.2, 0.25) is 0 Å². The first-order chi connectivity index (χ1) is 9.24. The second-order valence-electron chi connectivity index (χ2n) is 8.44. The van der Waals surface area contributed by atoms with E-state index < -0.39 is 0 Å². The molecule has 0 aromatic carbocycles. The topological polar surface area (TPSA) is 24.5 Å². The summed E-state index contributed by atoms with van der Waals surface area (Å²) in [5.41, 5.74) is 0.533. The Balaban J connectivity index is 2.18. The molecule has 0 amide bonds. The highest BCUT2D eigenvalue weighted by atomic mass is 16.5. The molecule has 2 aliphatic rings. The van der Waals surface area contributed by atoms with Crippen molar-refractivity contribution in [3.8, 4) is 0 Å². The normalized spacial score (nSPS) is 37.4. The summed E-state index contributed by atoms with van der Waals surface area (Å²) < 4.78 is 5.83. The maximum Gasteiger partial charge on any atom is 0.0647 e. The number of nitrogens with zero attached hydrogens (tertiary/aromatic N) is 1. The van der Waals surface area contributed by atoms with Crippen LogP contribution in [0.2, 0.25) is 0 Å². The molecule has 0 aromatic rings. The fourth-order valence-corrected chi connectivity index (χ4v) is 3.71. The number of hydrogen-bond acceptors (Lipinski definition) is 3. The summed E-state index contributed by atoms with van der Waals surface area (Å²) in [5, 5.41) is 3.79. The minimum absolute atomic E-state index is 0.221. The van der Waals surface area contributed by atoms with Crippen LogP contribution in [0.4, 0.5) is 0 Å². The average Bonchev–Trinajstić information content (AvgIpc) is 2.38. The van der Waals surface area contributed by atoms with Crippen LogP contribution in [0, 0.1) is 11.3 Å². The predicted molar refractivity (Wildman–Crippen MR) is 85.0 cm³/mol. The van der Waals surface area contributed by atoms with Crippen LogP contribution in [0.5, 0.6) is 0 Å². The summed E-state index contributed by atoms with van der Waals surface area (Å²) in [4.78, 5) is 2.77. The zero-order valence-electron chi connectivity index (χ0n) is 14.3. The standard InChI is InChI=1S/C17H34N2O/c1-13(2)14-10-18-15(16(3,4)5)11-19(14)17(6)8-7-9-20-12-17/h13-15,18H,7-12H2,1-6H3. The van der Waals surface area contributed by atoms with Crippen molar-refractivity contribution in [2.75, 3.05) is 26.3 Å². The number of hydrogen-bond donors (Lipinski definition) is 1. The Morgan fingerprint density at radius 2 is 2.00 bits per heavy atom. The van der Waals surface area contributed by atoms with E-state index in [1.54, 1.807) is 0 Å². The molecule has 2 fully saturated rings. The van der Waals surface area contributed by atoms with E-state index in [1.807, 2.05) is 0 Å². The average molecular weight is 282 g/mol. The minimum atomic E-state index is 0.221. The smallest absolute Gasteiger partial charge is 0.0647 e.